The number of methoxy groups -OCH3 is 1. The molecule has 0 aliphatic carbocycles. The number of carbonyl (C=O) groups is 1. The molecule has 106 valence electrons. The van der Waals surface area contributed by atoms with Crippen LogP contribution in [0.4, 0.5) is 0 Å². The van der Waals surface area contributed by atoms with Crippen LogP contribution >= 0.6 is 31.9 Å². The first-order valence-corrected chi connectivity index (χ1v) is 7.69. The summed E-state index contributed by atoms with van der Waals surface area (Å²) < 4.78 is 6.52. The predicted octanol–water partition coefficient (Wildman–Crippen LogP) is 4.71. The van der Waals surface area contributed by atoms with Crippen molar-refractivity contribution in [3.8, 4) is 11.8 Å². The number of ketones is 1. The van der Waals surface area contributed by atoms with Crippen LogP contribution in [-0.4, -0.2) is 12.9 Å². The minimum Gasteiger partial charge on any atom is -0.497 e. The van der Waals surface area contributed by atoms with Crippen molar-refractivity contribution >= 4 is 37.6 Å². The van der Waals surface area contributed by atoms with E-state index in [0.29, 0.717) is 21.3 Å². The van der Waals surface area contributed by atoms with Gasteiger partial charge in [-0.25, -0.2) is 0 Å². The molecule has 1 atom stereocenters. The molecule has 0 spiro atoms. The molecule has 21 heavy (non-hydrogen) atoms. The second-order valence-electron chi connectivity index (χ2n) is 4.29. The maximum Gasteiger partial charge on any atom is 0.185 e. The van der Waals surface area contributed by atoms with Gasteiger partial charge in [-0.05, 0) is 29.8 Å². The Hall–Kier alpha value is -1.64. The molecule has 0 saturated carbocycles. The number of benzene rings is 2. The van der Waals surface area contributed by atoms with Crippen LogP contribution in [0.3, 0.4) is 0 Å². The number of halogens is 2. The van der Waals surface area contributed by atoms with E-state index in [4.69, 9.17) is 4.74 Å². The van der Waals surface area contributed by atoms with Crippen LogP contribution in [-0.2, 0) is 0 Å². The van der Waals surface area contributed by atoms with Gasteiger partial charge in [0.25, 0.3) is 0 Å². The number of hydrogen-bond acceptors (Lipinski definition) is 3. The molecule has 1 unspecified atom stereocenters. The lowest BCUT2D eigenvalue weighted by Crippen LogP contribution is -2.12. The number of carbonyl (C=O) groups excluding carboxylic acids is 1. The Balaban J connectivity index is 2.47. The highest BCUT2D eigenvalue weighted by atomic mass is 79.9. The highest BCUT2D eigenvalue weighted by Crippen LogP contribution is 2.31. The molecular weight excluding hydrogens is 398 g/mol. The van der Waals surface area contributed by atoms with Gasteiger partial charge in [-0.1, -0.05) is 50.1 Å². The van der Waals surface area contributed by atoms with Crippen LogP contribution in [0.1, 0.15) is 21.8 Å². The molecule has 0 radical (unpaired) electrons. The number of Topliss-reactive ketones (excluding diaryl/α,β-unsaturated/α-hetero) is 1. The van der Waals surface area contributed by atoms with Crippen LogP contribution in [0.15, 0.2) is 51.4 Å². The summed E-state index contributed by atoms with van der Waals surface area (Å²) in [6, 6.07) is 14.4. The lowest BCUT2D eigenvalue weighted by molar-refractivity contribution is 0.0977. The fourth-order valence-corrected chi connectivity index (χ4v) is 2.91. The van der Waals surface area contributed by atoms with E-state index in [2.05, 4.69) is 37.9 Å². The molecule has 0 N–H and O–H groups in total. The summed E-state index contributed by atoms with van der Waals surface area (Å²) >= 11 is 6.74. The largest absolute Gasteiger partial charge is 0.497 e. The lowest BCUT2D eigenvalue weighted by atomic mass is 9.92. The monoisotopic (exact) mass is 407 g/mol. The van der Waals surface area contributed by atoms with Gasteiger partial charge in [-0.15, -0.1) is 0 Å². The van der Waals surface area contributed by atoms with E-state index < -0.39 is 5.92 Å². The van der Waals surface area contributed by atoms with E-state index in [1.165, 1.54) is 7.11 Å². The first-order chi connectivity index (χ1) is 10.1. The molecular formula is C16H11Br2NO2. The average Bonchev–Trinajstić information content (AvgIpc) is 2.50. The van der Waals surface area contributed by atoms with Crippen molar-refractivity contribution in [3.63, 3.8) is 0 Å². The molecule has 0 aromatic heterocycles. The summed E-state index contributed by atoms with van der Waals surface area (Å²) in [4.78, 5) is 12.7. The van der Waals surface area contributed by atoms with E-state index >= 15 is 0 Å². The summed E-state index contributed by atoms with van der Waals surface area (Å²) in [5.74, 6) is -0.565. The molecule has 0 bridgehead atoms. The molecule has 0 saturated heterocycles. The average molecular weight is 409 g/mol. The minimum absolute atomic E-state index is 0.268. The van der Waals surface area contributed by atoms with Crippen LogP contribution in [0, 0.1) is 11.3 Å². The fraction of sp³-hybridized carbons (Fsp3) is 0.125. The van der Waals surface area contributed by atoms with Crippen molar-refractivity contribution in [2.24, 2.45) is 0 Å². The van der Waals surface area contributed by atoms with E-state index in [-0.39, 0.29) is 5.78 Å². The normalized spacial score (nSPS) is 11.5. The highest BCUT2D eigenvalue weighted by molar-refractivity contribution is 9.10. The van der Waals surface area contributed by atoms with Crippen molar-refractivity contribution in [2.45, 2.75) is 5.92 Å². The Kier molecular flexibility index (Phi) is 5.16. The standard InChI is InChI=1S/C16H11Br2NO2/c1-21-10-6-7-15(18)12(8-10)16(20)13(9-19)11-4-2-3-5-14(11)17/h2-8,13H,1H3. The smallest absolute Gasteiger partial charge is 0.185 e. The maximum atomic E-state index is 12.7. The number of hydrogen-bond donors (Lipinski definition) is 0. The Morgan fingerprint density at radius 3 is 2.52 bits per heavy atom. The Morgan fingerprint density at radius 1 is 1.19 bits per heavy atom. The number of ether oxygens (including phenoxy) is 1. The zero-order valence-electron chi connectivity index (χ0n) is 11.1. The molecule has 2 aromatic rings. The van der Waals surface area contributed by atoms with Crippen molar-refractivity contribution in [1.82, 2.24) is 0 Å². The van der Waals surface area contributed by atoms with Crippen molar-refractivity contribution in [2.75, 3.05) is 7.11 Å². The van der Waals surface area contributed by atoms with Gasteiger partial charge >= 0.3 is 0 Å². The molecule has 0 aliphatic rings. The predicted molar refractivity (Wildman–Crippen MR) is 87.5 cm³/mol. The molecule has 3 nitrogen and oxygen atoms in total. The number of nitriles is 1. The van der Waals surface area contributed by atoms with E-state index in [9.17, 15) is 10.1 Å². The Morgan fingerprint density at radius 2 is 1.90 bits per heavy atom. The highest BCUT2D eigenvalue weighted by Gasteiger charge is 2.25. The minimum atomic E-state index is -0.871. The summed E-state index contributed by atoms with van der Waals surface area (Å²) in [5.41, 5.74) is 1.08. The second-order valence-corrected chi connectivity index (χ2v) is 6.00. The molecule has 0 fully saturated rings. The SMILES string of the molecule is COc1ccc(Br)c(C(=O)C(C#N)c2ccccc2Br)c1. The van der Waals surface area contributed by atoms with Gasteiger partial charge < -0.3 is 4.74 Å². The fourth-order valence-electron chi connectivity index (χ4n) is 1.95. The van der Waals surface area contributed by atoms with Gasteiger partial charge in [0.05, 0.1) is 13.2 Å². The van der Waals surface area contributed by atoms with Gasteiger partial charge in [0.15, 0.2) is 5.78 Å². The van der Waals surface area contributed by atoms with Gasteiger partial charge in [0.2, 0.25) is 0 Å². The second kappa shape index (κ2) is 6.88. The van der Waals surface area contributed by atoms with E-state index in [0.717, 1.165) is 4.47 Å². The Bertz CT molecular complexity index is 722. The molecule has 0 aliphatic heterocycles. The maximum absolute atomic E-state index is 12.7. The molecule has 0 amide bonds. The van der Waals surface area contributed by atoms with Crippen LogP contribution in [0.5, 0.6) is 5.75 Å². The topological polar surface area (TPSA) is 50.1 Å². The van der Waals surface area contributed by atoms with Crippen molar-refractivity contribution in [3.05, 3.63) is 62.5 Å². The number of rotatable bonds is 4. The van der Waals surface area contributed by atoms with E-state index in [1.807, 2.05) is 12.1 Å². The van der Waals surface area contributed by atoms with Crippen LogP contribution in [0.25, 0.3) is 0 Å². The van der Waals surface area contributed by atoms with E-state index in [1.54, 1.807) is 30.3 Å². The summed E-state index contributed by atoms with van der Waals surface area (Å²) in [6.07, 6.45) is 0. The van der Waals surface area contributed by atoms with Gasteiger partial charge in [-0.2, -0.15) is 5.26 Å². The Labute approximate surface area is 139 Å². The third-order valence-electron chi connectivity index (χ3n) is 3.05. The van der Waals surface area contributed by atoms with Crippen molar-refractivity contribution in [1.29, 1.82) is 5.26 Å². The third kappa shape index (κ3) is 3.34. The zero-order chi connectivity index (χ0) is 15.4. The van der Waals surface area contributed by atoms with Crippen LogP contribution < -0.4 is 4.74 Å². The molecule has 5 heteroatoms. The molecule has 2 rings (SSSR count). The third-order valence-corrected chi connectivity index (χ3v) is 4.46. The number of nitrogens with zero attached hydrogens (tertiary/aromatic N) is 1. The van der Waals surface area contributed by atoms with Gasteiger partial charge in [0.1, 0.15) is 11.7 Å². The van der Waals surface area contributed by atoms with Crippen molar-refractivity contribution < 1.29 is 9.53 Å². The summed E-state index contributed by atoms with van der Waals surface area (Å²) in [6.45, 7) is 0. The van der Waals surface area contributed by atoms with Gasteiger partial charge in [-0.3, -0.25) is 4.79 Å². The van der Waals surface area contributed by atoms with Crippen LogP contribution in [0.2, 0.25) is 0 Å². The summed E-state index contributed by atoms with van der Waals surface area (Å²) in [7, 11) is 1.53. The first-order valence-electron chi connectivity index (χ1n) is 6.10. The van der Waals surface area contributed by atoms with Gasteiger partial charge in [0, 0.05) is 14.5 Å². The molecule has 0 heterocycles. The lowest BCUT2D eigenvalue weighted by Gasteiger charge is -2.12. The molecule has 2 aromatic carbocycles. The first kappa shape index (κ1) is 15.7. The summed E-state index contributed by atoms with van der Waals surface area (Å²) in [5, 5.41) is 9.41. The zero-order valence-corrected chi connectivity index (χ0v) is 14.3. The quantitative estimate of drug-likeness (QED) is 0.688.